The van der Waals surface area contributed by atoms with Crippen LogP contribution in [0, 0.1) is 27.3 Å². The lowest BCUT2D eigenvalue weighted by atomic mass is 10.2. The number of hydrogen-bond donors (Lipinski definition) is 0. The molecule has 0 atom stereocenters. The van der Waals surface area contributed by atoms with Gasteiger partial charge in [0.15, 0.2) is 22.5 Å². The summed E-state index contributed by atoms with van der Waals surface area (Å²) in [5, 5.41) is 28.9. The number of aromatic nitrogens is 3. The molecule has 1 heterocycles. The number of nitro groups is 1. The molecule has 2 aromatic carbocycles. The van der Waals surface area contributed by atoms with E-state index >= 15 is 0 Å². The van der Waals surface area contributed by atoms with E-state index in [0.717, 1.165) is 11.8 Å². The summed E-state index contributed by atoms with van der Waals surface area (Å²) >= 11 is 1.14. The topological polar surface area (TPSA) is 107 Å². The van der Waals surface area contributed by atoms with E-state index in [4.69, 9.17) is 4.74 Å². The van der Waals surface area contributed by atoms with Crippen LogP contribution in [-0.4, -0.2) is 19.7 Å². The van der Waals surface area contributed by atoms with Crippen molar-refractivity contribution in [2.45, 2.75) is 23.2 Å². The van der Waals surface area contributed by atoms with Crippen LogP contribution >= 0.6 is 11.8 Å². The number of nitriles is 1. The SMILES string of the molecule is C=CCn1c(COc2ccccc2F)nnc1Sc1ccc([N+](=O)[O-])cc1C#N. The molecule has 10 heteroatoms. The van der Waals surface area contributed by atoms with Gasteiger partial charge in [-0.3, -0.25) is 14.7 Å². The normalized spacial score (nSPS) is 10.3. The van der Waals surface area contributed by atoms with Crippen molar-refractivity contribution in [3.05, 3.63) is 82.4 Å². The van der Waals surface area contributed by atoms with Gasteiger partial charge in [-0.2, -0.15) is 5.26 Å². The van der Waals surface area contributed by atoms with Crippen LogP contribution in [0.1, 0.15) is 11.4 Å². The second-order valence-electron chi connectivity index (χ2n) is 5.67. The van der Waals surface area contributed by atoms with Gasteiger partial charge in [0.05, 0.1) is 10.5 Å². The average molecular weight is 411 g/mol. The van der Waals surface area contributed by atoms with Gasteiger partial charge < -0.3 is 4.74 Å². The standard InChI is InChI=1S/C19H14FN5O3S/c1-2-9-24-18(12-28-16-6-4-3-5-15(16)20)22-23-19(24)29-17-8-7-14(25(26)27)10-13(17)11-21/h2-8,10H,1,9,12H2. The highest BCUT2D eigenvalue weighted by Gasteiger charge is 2.17. The maximum absolute atomic E-state index is 13.7. The number of halogens is 1. The number of benzene rings is 2. The Hall–Kier alpha value is -3.71. The van der Waals surface area contributed by atoms with E-state index in [0.29, 0.717) is 22.4 Å². The van der Waals surface area contributed by atoms with Crippen molar-refractivity contribution in [1.29, 1.82) is 5.26 Å². The Bertz CT molecular complexity index is 1110. The Morgan fingerprint density at radius 2 is 2.14 bits per heavy atom. The minimum Gasteiger partial charge on any atom is -0.483 e. The third kappa shape index (κ3) is 4.59. The first-order valence-corrected chi connectivity index (χ1v) is 9.11. The summed E-state index contributed by atoms with van der Waals surface area (Å²) in [6, 6.07) is 12.0. The lowest BCUT2D eigenvalue weighted by Crippen LogP contribution is -2.08. The third-order valence-electron chi connectivity index (χ3n) is 3.79. The predicted molar refractivity (Wildman–Crippen MR) is 103 cm³/mol. The van der Waals surface area contributed by atoms with Crippen molar-refractivity contribution in [2.24, 2.45) is 0 Å². The van der Waals surface area contributed by atoms with Gasteiger partial charge in [0, 0.05) is 23.6 Å². The molecule has 0 aliphatic carbocycles. The fourth-order valence-electron chi connectivity index (χ4n) is 2.42. The number of nitrogens with zero attached hydrogens (tertiary/aromatic N) is 5. The maximum Gasteiger partial charge on any atom is 0.270 e. The van der Waals surface area contributed by atoms with E-state index < -0.39 is 10.7 Å². The molecule has 0 N–H and O–H groups in total. The quantitative estimate of drug-likeness (QED) is 0.312. The summed E-state index contributed by atoms with van der Waals surface area (Å²) in [4.78, 5) is 10.8. The zero-order chi connectivity index (χ0) is 20.8. The molecule has 0 saturated heterocycles. The molecule has 0 radical (unpaired) electrons. The molecule has 0 saturated carbocycles. The summed E-state index contributed by atoms with van der Waals surface area (Å²) in [6.07, 6.45) is 1.64. The van der Waals surface area contributed by atoms with Crippen LogP contribution in [0.2, 0.25) is 0 Å². The summed E-state index contributed by atoms with van der Waals surface area (Å²) in [5.41, 5.74) is -0.0149. The smallest absolute Gasteiger partial charge is 0.270 e. The van der Waals surface area contributed by atoms with Gasteiger partial charge in [-0.1, -0.05) is 18.2 Å². The third-order valence-corrected chi connectivity index (χ3v) is 4.85. The van der Waals surface area contributed by atoms with Crippen molar-refractivity contribution in [3.63, 3.8) is 0 Å². The van der Waals surface area contributed by atoms with Crippen molar-refractivity contribution in [1.82, 2.24) is 14.8 Å². The minimum absolute atomic E-state index is 0.0201. The van der Waals surface area contributed by atoms with Gasteiger partial charge in [-0.05, 0) is 30.0 Å². The molecule has 0 fully saturated rings. The predicted octanol–water partition coefficient (Wildman–Crippen LogP) is 4.11. The van der Waals surface area contributed by atoms with E-state index in [2.05, 4.69) is 16.8 Å². The number of allylic oxidation sites excluding steroid dienone is 1. The number of ether oxygens (including phenoxy) is 1. The number of non-ortho nitro benzene ring substituents is 1. The van der Waals surface area contributed by atoms with Gasteiger partial charge >= 0.3 is 0 Å². The molecule has 3 rings (SSSR count). The Morgan fingerprint density at radius 1 is 1.34 bits per heavy atom. The van der Waals surface area contributed by atoms with Gasteiger partial charge in [-0.25, -0.2) is 4.39 Å². The average Bonchev–Trinajstić information content (AvgIpc) is 3.09. The van der Waals surface area contributed by atoms with Crippen LogP contribution in [-0.2, 0) is 13.2 Å². The van der Waals surface area contributed by atoms with Crippen LogP contribution in [0.3, 0.4) is 0 Å². The number of nitro benzene ring substituents is 1. The van der Waals surface area contributed by atoms with E-state index in [1.54, 1.807) is 22.8 Å². The van der Waals surface area contributed by atoms with E-state index in [1.807, 2.05) is 6.07 Å². The Kier molecular flexibility index (Phi) is 6.21. The van der Waals surface area contributed by atoms with Crippen LogP contribution in [0.15, 0.2) is 65.2 Å². The fraction of sp³-hybridized carbons (Fsp3) is 0.105. The molecule has 0 unspecified atom stereocenters. The highest BCUT2D eigenvalue weighted by Crippen LogP contribution is 2.32. The fourth-order valence-corrected chi connectivity index (χ4v) is 3.34. The molecule has 1 aromatic heterocycles. The zero-order valence-electron chi connectivity index (χ0n) is 15.0. The monoisotopic (exact) mass is 411 g/mol. The Morgan fingerprint density at radius 3 is 2.83 bits per heavy atom. The second kappa shape index (κ2) is 8.99. The maximum atomic E-state index is 13.7. The molecule has 0 aliphatic rings. The van der Waals surface area contributed by atoms with Gasteiger partial charge in [0.2, 0.25) is 0 Å². The van der Waals surface area contributed by atoms with Gasteiger partial charge in [0.1, 0.15) is 12.7 Å². The molecule has 29 heavy (non-hydrogen) atoms. The number of rotatable bonds is 8. The van der Waals surface area contributed by atoms with Crippen molar-refractivity contribution < 1.29 is 14.1 Å². The highest BCUT2D eigenvalue weighted by atomic mass is 32.2. The van der Waals surface area contributed by atoms with Crippen molar-refractivity contribution in [2.75, 3.05) is 0 Å². The molecular weight excluding hydrogens is 397 g/mol. The zero-order valence-corrected chi connectivity index (χ0v) is 15.8. The lowest BCUT2D eigenvalue weighted by molar-refractivity contribution is -0.384. The minimum atomic E-state index is -0.562. The summed E-state index contributed by atoms with van der Waals surface area (Å²) in [6.45, 7) is 4.05. The molecule has 146 valence electrons. The largest absolute Gasteiger partial charge is 0.483 e. The lowest BCUT2D eigenvalue weighted by Gasteiger charge is -2.10. The van der Waals surface area contributed by atoms with Crippen molar-refractivity contribution in [3.8, 4) is 11.8 Å². The first-order valence-electron chi connectivity index (χ1n) is 8.30. The highest BCUT2D eigenvalue weighted by molar-refractivity contribution is 7.99. The number of hydrogen-bond acceptors (Lipinski definition) is 7. The molecule has 0 bridgehead atoms. The van der Waals surface area contributed by atoms with E-state index in [1.165, 1.54) is 30.3 Å². The Labute approximate surface area is 169 Å². The summed E-state index contributed by atoms with van der Waals surface area (Å²) < 4.78 is 20.9. The van der Waals surface area contributed by atoms with Crippen LogP contribution in [0.4, 0.5) is 10.1 Å². The summed E-state index contributed by atoms with van der Waals surface area (Å²) in [5.74, 6) is 0.0505. The van der Waals surface area contributed by atoms with E-state index in [-0.39, 0.29) is 23.6 Å². The molecule has 0 amide bonds. The molecule has 3 aromatic rings. The van der Waals surface area contributed by atoms with Crippen LogP contribution < -0.4 is 4.74 Å². The Balaban J connectivity index is 1.85. The van der Waals surface area contributed by atoms with E-state index in [9.17, 15) is 19.8 Å². The molecule has 8 nitrogen and oxygen atoms in total. The number of para-hydroxylation sites is 1. The van der Waals surface area contributed by atoms with Crippen molar-refractivity contribution >= 4 is 17.4 Å². The van der Waals surface area contributed by atoms with Gasteiger partial charge in [0.25, 0.3) is 5.69 Å². The molecule has 0 spiro atoms. The first-order chi connectivity index (χ1) is 14.0. The van der Waals surface area contributed by atoms with Gasteiger partial charge in [-0.15, -0.1) is 16.8 Å². The van der Waals surface area contributed by atoms with Crippen LogP contribution in [0.25, 0.3) is 0 Å². The first kappa shape index (κ1) is 20.0. The molecular formula is C19H14FN5O3S. The molecule has 0 aliphatic heterocycles. The summed E-state index contributed by atoms with van der Waals surface area (Å²) in [7, 11) is 0. The second-order valence-corrected chi connectivity index (χ2v) is 6.68. The van der Waals surface area contributed by atoms with Crippen LogP contribution in [0.5, 0.6) is 5.75 Å².